The predicted octanol–water partition coefficient (Wildman–Crippen LogP) is 2.60. The molecule has 0 radical (unpaired) electrons. The van der Waals surface area contributed by atoms with E-state index >= 15 is 0 Å². The number of nitro benzene ring substituents is 1. The highest BCUT2D eigenvalue weighted by atomic mass is 16.6. The topological polar surface area (TPSA) is 118 Å². The van der Waals surface area contributed by atoms with E-state index < -0.39 is 22.8 Å². The van der Waals surface area contributed by atoms with Gasteiger partial charge in [-0.3, -0.25) is 19.7 Å². The molecule has 2 aromatic rings. The number of aliphatic hydroxyl groups is 1. The van der Waals surface area contributed by atoms with Crippen LogP contribution in [0.2, 0.25) is 0 Å². The lowest BCUT2D eigenvalue weighted by molar-refractivity contribution is -0.384. The van der Waals surface area contributed by atoms with Crippen molar-refractivity contribution in [2.75, 3.05) is 0 Å². The highest BCUT2D eigenvalue weighted by Crippen LogP contribution is 2.20. The number of carbonyl (C=O) groups excluding carboxylic acids is 1. The molecule has 0 saturated heterocycles. The fourth-order valence-corrected chi connectivity index (χ4v) is 1.69. The van der Waals surface area contributed by atoms with Gasteiger partial charge in [0, 0.05) is 24.6 Å². The highest BCUT2D eigenvalue weighted by molar-refractivity contribution is 6.00. The van der Waals surface area contributed by atoms with Crippen molar-refractivity contribution in [3.63, 3.8) is 0 Å². The number of ketones is 1. The maximum atomic E-state index is 12.0. The number of carboxylic acid groups (broad SMARTS) is 1. The van der Waals surface area contributed by atoms with Gasteiger partial charge in [-0.05, 0) is 17.7 Å². The summed E-state index contributed by atoms with van der Waals surface area (Å²) in [5, 5.41) is 27.9. The molecule has 1 unspecified atom stereocenters. The fraction of sp³-hybridized carbons (Fsp3) is 0.125. The van der Waals surface area contributed by atoms with Gasteiger partial charge in [0.25, 0.3) is 11.7 Å². The molecule has 0 fully saturated rings. The van der Waals surface area contributed by atoms with Gasteiger partial charge in [-0.15, -0.1) is 0 Å². The normalized spacial score (nSPS) is 10.9. The molecule has 0 saturated carbocycles. The van der Waals surface area contributed by atoms with Gasteiger partial charge in [0.05, 0.1) is 4.92 Å². The van der Waals surface area contributed by atoms with Gasteiger partial charge in [0.2, 0.25) is 0 Å². The second-order valence-electron chi connectivity index (χ2n) is 4.50. The molecule has 7 nitrogen and oxygen atoms in total. The Morgan fingerprint density at radius 3 is 1.96 bits per heavy atom. The minimum atomic E-state index is -1.26. The third-order valence-electron chi connectivity index (χ3n) is 2.73. The first-order valence-electron chi connectivity index (χ1n) is 6.54. The van der Waals surface area contributed by atoms with Crippen molar-refractivity contribution in [2.45, 2.75) is 13.0 Å². The SMILES string of the molecule is CC(=O)O.O=C(c1ccc([N+](=O)[O-])cc1)C(O)c1ccccc1. The Morgan fingerprint density at radius 2 is 1.52 bits per heavy atom. The summed E-state index contributed by atoms with van der Waals surface area (Å²) in [5.74, 6) is -1.32. The molecule has 7 heteroatoms. The molecular weight excluding hydrogens is 302 g/mol. The Hall–Kier alpha value is -3.06. The molecule has 0 amide bonds. The smallest absolute Gasteiger partial charge is 0.300 e. The molecule has 2 rings (SSSR count). The maximum Gasteiger partial charge on any atom is 0.300 e. The lowest BCUT2D eigenvalue weighted by Crippen LogP contribution is -2.12. The molecule has 2 aromatic carbocycles. The van der Waals surface area contributed by atoms with Crippen LogP contribution < -0.4 is 0 Å². The summed E-state index contributed by atoms with van der Waals surface area (Å²) in [6.07, 6.45) is -1.26. The van der Waals surface area contributed by atoms with Crippen molar-refractivity contribution < 1.29 is 24.7 Å². The highest BCUT2D eigenvalue weighted by Gasteiger charge is 2.19. The van der Waals surface area contributed by atoms with Gasteiger partial charge in [-0.1, -0.05) is 30.3 Å². The molecule has 1 atom stereocenters. The summed E-state index contributed by atoms with van der Waals surface area (Å²) in [6.45, 7) is 1.08. The maximum absolute atomic E-state index is 12.0. The number of hydrogen-bond acceptors (Lipinski definition) is 5. The van der Waals surface area contributed by atoms with Crippen molar-refractivity contribution in [3.05, 3.63) is 75.8 Å². The van der Waals surface area contributed by atoms with Gasteiger partial charge >= 0.3 is 0 Å². The molecule has 0 aliphatic carbocycles. The number of benzene rings is 2. The monoisotopic (exact) mass is 317 g/mol. The number of nitrogens with zero attached hydrogens (tertiary/aromatic N) is 1. The average molecular weight is 317 g/mol. The van der Waals surface area contributed by atoms with Crippen molar-refractivity contribution in [3.8, 4) is 0 Å². The zero-order chi connectivity index (χ0) is 17.4. The van der Waals surface area contributed by atoms with E-state index in [0.29, 0.717) is 5.56 Å². The van der Waals surface area contributed by atoms with E-state index in [4.69, 9.17) is 9.90 Å². The lowest BCUT2D eigenvalue weighted by atomic mass is 10.00. The Morgan fingerprint density at radius 1 is 1.04 bits per heavy atom. The molecule has 23 heavy (non-hydrogen) atoms. The Bertz CT molecular complexity index is 677. The number of rotatable bonds is 4. The second-order valence-corrected chi connectivity index (χ2v) is 4.50. The van der Waals surface area contributed by atoms with E-state index in [1.165, 1.54) is 24.3 Å². The van der Waals surface area contributed by atoms with Crippen LogP contribution in [-0.2, 0) is 4.79 Å². The zero-order valence-corrected chi connectivity index (χ0v) is 12.2. The minimum Gasteiger partial charge on any atom is -0.481 e. The molecule has 0 heterocycles. The van der Waals surface area contributed by atoms with Crippen molar-refractivity contribution in [1.82, 2.24) is 0 Å². The number of non-ortho nitro benzene ring substituents is 1. The van der Waals surface area contributed by atoms with E-state index in [1.54, 1.807) is 30.3 Å². The first-order chi connectivity index (χ1) is 10.8. The zero-order valence-electron chi connectivity index (χ0n) is 12.2. The van der Waals surface area contributed by atoms with Crippen molar-refractivity contribution >= 4 is 17.4 Å². The molecule has 0 aromatic heterocycles. The third-order valence-corrected chi connectivity index (χ3v) is 2.73. The number of aliphatic carboxylic acids is 1. The Balaban J connectivity index is 0.000000593. The van der Waals surface area contributed by atoms with Crippen LogP contribution in [0.4, 0.5) is 5.69 Å². The largest absolute Gasteiger partial charge is 0.481 e. The first-order valence-corrected chi connectivity index (χ1v) is 6.54. The second kappa shape index (κ2) is 8.40. The van der Waals surface area contributed by atoms with Crippen LogP contribution in [0, 0.1) is 10.1 Å². The van der Waals surface area contributed by atoms with Gasteiger partial charge in [-0.2, -0.15) is 0 Å². The molecular formula is C16H15NO6. The van der Waals surface area contributed by atoms with E-state index in [9.17, 15) is 20.0 Å². The van der Waals surface area contributed by atoms with Gasteiger partial charge in [-0.25, -0.2) is 0 Å². The van der Waals surface area contributed by atoms with E-state index in [-0.39, 0.29) is 11.3 Å². The van der Waals surface area contributed by atoms with E-state index in [0.717, 1.165) is 6.92 Å². The predicted molar refractivity (Wildman–Crippen MR) is 82.1 cm³/mol. The van der Waals surface area contributed by atoms with Gasteiger partial charge in [0.1, 0.15) is 6.10 Å². The third kappa shape index (κ3) is 5.68. The van der Waals surface area contributed by atoms with Gasteiger partial charge in [0.15, 0.2) is 5.78 Å². The summed E-state index contributed by atoms with van der Waals surface area (Å²) >= 11 is 0. The molecule has 0 aliphatic heterocycles. The number of nitro groups is 1. The van der Waals surface area contributed by atoms with Gasteiger partial charge < -0.3 is 10.2 Å². The average Bonchev–Trinajstić information content (AvgIpc) is 2.54. The van der Waals surface area contributed by atoms with E-state index in [1.807, 2.05) is 0 Å². The standard InChI is InChI=1S/C14H11NO4.C2H4O2/c16-13(10-4-2-1-3-5-10)14(17)11-6-8-12(9-7-11)15(18)19;1-2(3)4/h1-9,13,16H;1H3,(H,3,4). The Kier molecular flexibility index (Phi) is 6.57. The molecule has 0 spiro atoms. The molecule has 2 N–H and O–H groups in total. The summed E-state index contributed by atoms with van der Waals surface area (Å²) in [4.78, 5) is 31.0. The van der Waals surface area contributed by atoms with Crippen LogP contribution >= 0.6 is 0 Å². The Labute approximate surface area is 132 Å². The van der Waals surface area contributed by atoms with Crippen molar-refractivity contribution in [1.29, 1.82) is 0 Å². The number of aliphatic hydroxyl groups excluding tert-OH is 1. The number of hydrogen-bond donors (Lipinski definition) is 2. The van der Waals surface area contributed by atoms with Crippen LogP contribution in [0.3, 0.4) is 0 Å². The van der Waals surface area contributed by atoms with Crippen LogP contribution in [0.15, 0.2) is 54.6 Å². The summed E-state index contributed by atoms with van der Waals surface area (Å²) in [6, 6.07) is 13.7. The van der Waals surface area contributed by atoms with Crippen molar-refractivity contribution in [2.24, 2.45) is 0 Å². The van der Waals surface area contributed by atoms with Crippen LogP contribution in [0.25, 0.3) is 0 Å². The van der Waals surface area contributed by atoms with Crippen LogP contribution in [-0.4, -0.2) is 26.9 Å². The first kappa shape index (κ1) is 18.0. The number of Topliss-reactive ketones (excluding diaryl/α,β-unsaturated/α-hetero) is 1. The van der Waals surface area contributed by atoms with E-state index in [2.05, 4.69) is 0 Å². The summed E-state index contributed by atoms with van der Waals surface area (Å²) in [7, 11) is 0. The fourth-order valence-electron chi connectivity index (χ4n) is 1.69. The quantitative estimate of drug-likeness (QED) is 0.508. The lowest BCUT2D eigenvalue weighted by Gasteiger charge is -2.09. The van der Waals surface area contributed by atoms with Crippen LogP contribution in [0.5, 0.6) is 0 Å². The summed E-state index contributed by atoms with van der Waals surface area (Å²) in [5.41, 5.74) is 0.638. The minimum absolute atomic E-state index is 0.0919. The molecule has 0 bridgehead atoms. The molecule has 120 valence electrons. The number of carboxylic acids is 1. The summed E-state index contributed by atoms with van der Waals surface area (Å²) < 4.78 is 0. The molecule has 0 aliphatic rings. The van der Waals surface area contributed by atoms with Crippen LogP contribution in [0.1, 0.15) is 28.9 Å². The number of carbonyl (C=O) groups is 2.